The van der Waals surface area contributed by atoms with Crippen LogP contribution in [-0.2, 0) is 4.79 Å². The number of aromatic nitrogens is 1. The summed E-state index contributed by atoms with van der Waals surface area (Å²) in [6, 6.07) is 16.7. The number of nitrogens with zero attached hydrogens (tertiary/aromatic N) is 2. The zero-order chi connectivity index (χ0) is 24.2. The van der Waals surface area contributed by atoms with Gasteiger partial charge in [0.2, 0.25) is 5.91 Å². The van der Waals surface area contributed by atoms with Crippen LogP contribution in [0.1, 0.15) is 26.3 Å². The van der Waals surface area contributed by atoms with Gasteiger partial charge in [-0.1, -0.05) is 36.4 Å². The van der Waals surface area contributed by atoms with E-state index in [0.29, 0.717) is 11.4 Å². The molecule has 0 aliphatic carbocycles. The Hall–Kier alpha value is -4.24. The minimum atomic E-state index is -0.694. The van der Waals surface area contributed by atoms with E-state index in [9.17, 15) is 14.4 Å². The number of amides is 3. The Balaban J connectivity index is 1.86. The number of carbonyl (C=O) groups excluding carboxylic acids is 3. The summed E-state index contributed by atoms with van der Waals surface area (Å²) in [5.74, 6) is -1.17. The lowest BCUT2D eigenvalue weighted by Crippen LogP contribution is -2.39. The third-order valence-electron chi connectivity index (χ3n) is 5.32. The van der Waals surface area contributed by atoms with Crippen LogP contribution in [0.4, 0.5) is 17.2 Å². The summed E-state index contributed by atoms with van der Waals surface area (Å²) in [5.41, 5.74) is 8.22. The van der Waals surface area contributed by atoms with E-state index in [4.69, 9.17) is 5.73 Å². The van der Waals surface area contributed by atoms with Crippen LogP contribution in [0, 0.1) is 6.92 Å². The molecule has 0 fully saturated rings. The molecule has 2 heterocycles. The smallest absolute Gasteiger partial charge is 0.260 e. The van der Waals surface area contributed by atoms with Gasteiger partial charge in [0.15, 0.2) is 5.82 Å². The fourth-order valence-corrected chi connectivity index (χ4v) is 4.51. The van der Waals surface area contributed by atoms with Crippen molar-refractivity contribution in [3.05, 3.63) is 82.9 Å². The number of nitrogens with two attached hydrogens (primary N) is 1. The van der Waals surface area contributed by atoms with Gasteiger partial charge in [-0.15, -0.1) is 11.3 Å². The standard InChI is InChI=1S/C25H23N5O3S/c1-15-7-3-5-9-19(15)29-23-20(11-16(12-28-23)24(32)27-2)30(13-22(26)31)25(33)18-14-34-21-10-6-4-8-17(18)21/h3-12,14H,13H2,1-2H3,(H2,26,31)(H,27,32)(H,28,29). The number of pyridine rings is 1. The predicted octanol–water partition coefficient (Wildman–Crippen LogP) is 3.84. The first-order chi connectivity index (χ1) is 16.4. The molecule has 34 heavy (non-hydrogen) atoms. The first-order valence-corrected chi connectivity index (χ1v) is 11.4. The molecule has 2 aromatic heterocycles. The van der Waals surface area contributed by atoms with Crippen LogP contribution in [0.25, 0.3) is 10.1 Å². The van der Waals surface area contributed by atoms with Gasteiger partial charge in [0.1, 0.15) is 6.54 Å². The van der Waals surface area contributed by atoms with Crippen LogP contribution in [0.2, 0.25) is 0 Å². The fourth-order valence-electron chi connectivity index (χ4n) is 3.58. The van der Waals surface area contributed by atoms with Gasteiger partial charge in [0, 0.05) is 34.4 Å². The molecule has 2 aromatic carbocycles. The van der Waals surface area contributed by atoms with Gasteiger partial charge < -0.3 is 16.4 Å². The average Bonchev–Trinajstić information content (AvgIpc) is 3.27. The molecule has 4 rings (SSSR count). The summed E-state index contributed by atoms with van der Waals surface area (Å²) in [6.45, 7) is 1.55. The molecule has 172 valence electrons. The van der Waals surface area contributed by atoms with Gasteiger partial charge in [0.25, 0.3) is 11.8 Å². The molecular formula is C25H23N5O3S. The Labute approximate surface area is 200 Å². The van der Waals surface area contributed by atoms with Crippen LogP contribution in [0.3, 0.4) is 0 Å². The number of benzene rings is 2. The van der Waals surface area contributed by atoms with Gasteiger partial charge in [0.05, 0.1) is 16.8 Å². The molecule has 3 amide bonds. The molecule has 0 saturated heterocycles. The fraction of sp³-hybridized carbons (Fsp3) is 0.120. The molecule has 0 radical (unpaired) electrons. The number of anilines is 3. The van der Waals surface area contributed by atoms with Crippen LogP contribution in [0.5, 0.6) is 0 Å². The Morgan fingerprint density at radius 3 is 2.56 bits per heavy atom. The Morgan fingerprint density at radius 2 is 1.82 bits per heavy atom. The minimum absolute atomic E-state index is 0.241. The SMILES string of the molecule is CNC(=O)c1cnc(Nc2ccccc2C)c(N(CC(N)=O)C(=O)c2csc3ccccc23)c1. The molecule has 4 aromatic rings. The second-order valence-electron chi connectivity index (χ2n) is 7.61. The predicted molar refractivity (Wildman–Crippen MR) is 135 cm³/mol. The summed E-state index contributed by atoms with van der Waals surface area (Å²) < 4.78 is 0.945. The molecule has 0 saturated carbocycles. The van der Waals surface area contributed by atoms with Crippen LogP contribution in [-0.4, -0.2) is 36.3 Å². The van der Waals surface area contributed by atoms with Crippen molar-refractivity contribution in [1.29, 1.82) is 0 Å². The molecule has 0 aliphatic heterocycles. The number of hydrogen-bond acceptors (Lipinski definition) is 6. The maximum Gasteiger partial charge on any atom is 0.260 e. The first kappa shape index (κ1) is 22.9. The Morgan fingerprint density at radius 1 is 1.09 bits per heavy atom. The number of para-hydroxylation sites is 1. The van der Waals surface area contributed by atoms with Crippen molar-refractivity contribution in [2.75, 3.05) is 23.8 Å². The molecule has 8 nitrogen and oxygen atoms in total. The highest BCUT2D eigenvalue weighted by Gasteiger charge is 2.26. The van der Waals surface area contributed by atoms with Crippen molar-refractivity contribution >= 4 is 56.3 Å². The van der Waals surface area contributed by atoms with Gasteiger partial charge in [-0.25, -0.2) is 4.98 Å². The summed E-state index contributed by atoms with van der Waals surface area (Å²) in [6.07, 6.45) is 1.41. The minimum Gasteiger partial charge on any atom is -0.368 e. The lowest BCUT2D eigenvalue weighted by atomic mass is 10.1. The van der Waals surface area contributed by atoms with E-state index in [2.05, 4.69) is 15.6 Å². The highest BCUT2D eigenvalue weighted by atomic mass is 32.1. The maximum absolute atomic E-state index is 13.7. The number of nitrogens with one attached hydrogen (secondary N) is 2. The molecular weight excluding hydrogens is 450 g/mol. The second kappa shape index (κ2) is 9.72. The van der Waals surface area contributed by atoms with E-state index in [1.807, 2.05) is 55.5 Å². The second-order valence-corrected chi connectivity index (χ2v) is 8.53. The van der Waals surface area contributed by atoms with Crippen LogP contribution < -0.4 is 21.3 Å². The molecule has 0 unspecified atom stereocenters. The average molecular weight is 474 g/mol. The third-order valence-corrected chi connectivity index (χ3v) is 6.28. The zero-order valence-electron chi connectivity index (χ0n) is 18.7. The highest BCUT2D eigenvalue weighted by Crippen LogP contribution is 2.33. The highest BCUT2D eigenvalue weighted by molar-refractivity contribution is 7.17. The quantitative estimate of drug-likeness (QED) is 0.377. The summed E-state index contributed by atoms with van der Waals surface area (Å²) in [5, 5.41) is 8.31. The van der Waals surface area contributed by atoms with E-state index < -0.39 is 11.8 Å². The summed E-state index contributed by atoms with van der Waals surface area (Å²) >= 11 is 1.44. The largest absolute Gasteiger partial charge is 0.368 e. The number of rotatable bonds is 7. The molecule has 0 aliphatic rings. The molecule has 0 atom stereocenters. The van der Waals surface area contributed by atoms with E-state index in [-0.39, 0.29) is 23.7 Å². The van der Waals surface area contributed by atoms with Crippen molar-refractivity contribution in [1.82, 2.24) is 10.3 Å². The molecule has 9 heteroatoms. The lowest BCUT2D eigenvalue weighted by Gasteiger charge is -2.24. The number of thiophene rings is 1. The van der Waals surface area contributed by atoms with E-state index in [1.165, 1.54) is 35.5 Å². The monoisotopic (exact) mass is 473 g/mol. The van der Waals surface area contributed by atoms with Crippen molar-refractivity contribution in [3.8, 4) is 0 Å². The number of aryl methyl sites for hydroxylation is 1. The number of carbonyl (C=O) groups is 3. The molecule has 0 spiro atoms. The van der Waals surface area contributed by atoms with Crippen molar-refractivity contribution in [2.45, 2.75) is 6.92 Å². The molecule has 4 N–H and O–H groups in total. The van der Waals surface area contributed by atoms with Crippen molar-refractivity contribution in [2.24, 2.45) is 5.73 Å². The lowest BCUT2D eigenvalue weighted by molar-refractivity contribution is -0.116. The number of hydrogen-bond donors (Lipinski definition) is 3. The van der Waals surface area contributed by atoms with E-state index >= 15 is 0 Å². The van der Waals surface area contributed by atoms with E-state index in [0.717, 1.165) is 21.3 Å². The number of fused-ring (bicyclic) bond motifs is 1. The normalized spacial score (nSPS) is 10.6. The Bertz CT molecular complexity index is 1400. The maximum atomic E-state index is 13.7. The third kappa shape index (κ3) is 4.60. The summed E-state index contributed by atoms with van der Waals surface area (Å²) in [7, 11) is 1.51. The number of primary amides is 1. The molecule has 0 bridgehead atoms. The van der Waals surface area contributed by atoms with Crippen LogP contribution >= 0.6 is 11.3 Å². The van der Waals surface area contributed by atoms with Crippen molar-refractivity contribution < 1.29 is 14.4 Å². The summed E-state index contributed by atoms with van der Waals surface area (Å²) in [4.78, 5) is 43.8. The van der Waals surface area contributed by atoms with Gasteiger partial charge in [-0.2, -0.15) is 0 Å². The topological polar surface area (TPSA) is 117 Å². The van der Waals surface area contributed by atoms with Gasteiger partial charge >= 0.3 is 0 Å². The zero-order valence-corrected chi connectivity index (χ0v) is 19.5. The van der Waals surface area contributed by atoms with Gasteiger partial charge in [-0.3, -0.25) is 19.3 Å². The van der Waals surface area contributed by atoms with E-state index in [1.54, 1.807) is 5.38 Å². The van der Waals surface area contributed by atoms with Crippen LogP contribution in [0.15, 0.2) is 66.2 Å². The van der Waals surface area contributed by atoms with Crippen molar-refractivity contribution in [3.63, 3.8) is 0 Å². The van der Waals surface area contributed by atoms with Gasteiger partial charge in [-0.05, 0) is 30.7 Å². The Kier molecular flexibility index (Phi) is 6.55. The first-order valence-electron chi connectivity index (χ1n) is 10.5.